The minimum absolute atomic E-state index is 0.628. The minimum atomic E-state index is 0.628. The lowest BCUT2D eigenvalue weighted by Gasteiger charge is -1.99. The highest BCUT2D eigenvalue weighted by Gasteiger charge is 2.01. The molecule has 56 valence electrons. The van der Waals surface area contributed by atoms with Crippen molar-refractivity contribution in [2.45, 2.75) is 0 Å². The summed E-state index contributed by atoms with van der Waals surface area (Å²) in [7, 11) is 0. The van der Waals surface area contributed by atoms with E-state index in [1.807, 2.05) is 12.1 Å². The van der Waals surface area contributed by atoms with Gasteiger partial charge in [0.05, 0.1) is 11.8 Å². The largest absolute Gasteiger partial charge is 0.630 e. The molecule has 11 heavy (non-hydrogen) atoms. The minimum Gasteiger partial charge on any atom is -0.630 e. The van der Waals surface area contributed by atoms with E-state index in [4.69, 9.17) is 0 Å². The third-order valence-electron chi connectivity index (χ3n) is 1.61. The summed E-state index contributed by atoms with van der Waals surface area (Å²) < 4.78 is 0. The van der Waals surface area contributed by atoms with E-state index in [2.05, 4.69) is 9.97 Å². The topological polar surface area (TPSA) is 68.3 Å². The van der Waals surface area contributed by atoms with Crippen LogP contribution in [-0.2, 0) is 0 Å². The van der Waals surface area contributed by atoms with Crippen LogP contribution in [0.1, 0.15) is 0 Å². The molecular formula is C7H7N3O. The molecule has 2 rings (SSSR count). The fraction of sp³-hybridized carbons (Fsp3) is 0. The Labute approximate surface area is 62.8 Å². The highest BCUT2D eigenvalue weighted by molar-refractivity contribution is 5.83. The number of fused-ring (bicyclic) bond motifs is 1. The van der Waals surface area contributed by atoms with E-state index in [0.29, 0.717) is 5.69 Å². The van der Waals surface area contributed by atoms with E-state index in [1.54, 1.807) is 12.4 Å². The van der Waals surface area contributed by atoms with E-state index in [1.165, 1.54) is 0 Å². The summed E-state index contributed by atoms with van der Waals surface area (Å²) in [4.78, 5) is 6.93. The van der Waals surface area contributed by atoms with Crippen LogP contribution < -0.4 is 5.48 Å². The average Bonchev–Trinajstić information content (AvgIpc) is 2.50. The van der Waals surface area contributed by atoms with Crippen molar-refractivity contribution < 1.29 is 5.48 Å². The van der Waals surface area contributed by atoms with Gasteiger partial charge in [-0.15, -0.1) is 0 Å². The van der Waals surface area contributed by atoms with Gasteiger partial charge in [-0.25, -0.2) is 4.98 Å². The van der Waals surface area contributed by atoms with Gasteiger partial charge in [0.25, 0.3) is 0 Å². The van der Waals surface area contributed by atoms with Crippen LogP contribution >= 0.6 is 0 Å². The Kier molecular flexibility index (Phi) is 1.34. The first kappa shape index (κ1) is 6.33. The van der Waals surface area contributed by atoms with E-state index >= 15 is 0 Å². The lowest BCUT2D eigenvalue weighted by molar-refractivity contribution is -0.495. The van der Waals surface area contributed by atoms with Crippen molar-refractivity contribution in [1.82, 2.24) is 9.97 Å². The lowest BCUT2D eigenvalue weighted by Crippen LogP contribution is -2.70. The van der Waals surface area contributed by atoms with Gasteiger partial charge in [-0.1, -0.05) is 6.07 Å². The molecule has 1 aromatic heterocycles. The summed E-state index contributed by atoms with van der Waals surface area (Å²) in [5, 5.41) is 10.5. The Morgan fingerprint density at radius 1 is 1.45 bits per heavy atom. The van der Waals surface area contributed by atoms with Gasteiger partial charge in [0.2, 0.25) is 0 Å². The monoisotopic (exact) mass is 149 g/mol. The molecule has 0 aliphatic carbocycles. The predicted molar refractivity (Wildman–Crippen MR) is 41.0 cm³/mol. The Balaban J connectivity index is 2.79. The molecule has 0 saturated carbocycles. The molecule has 4 heteroatoms. The number of quaternary nitrogens is 1. The molecule has 0 bridgehead atoms. The zero-order valence-corrected chi connectivity index (χ0v) is 5.74. The molecular weight excluding hydrogens is 142 g/mol. The Hall–Kier alpha value is -1.39. The predicted octanol–water partition coefficient (Wildman–Crippen LogP) is 0.256. The molecule has 0 aliphatic heterocycles. The van der Waals surface area contributed by atoms with Crippen molar-refractivity contribution in [3.8, 4) is 0 Å². The van der Waals surface area contributed by atoms with E-state index < -0.39 is 0 Å². The molecule has 2 aromatic rings. The standard InChI is InChI=1S/C7H7N3O/c11-10-6-3-1-2-5-7(6)9-4-8-5/h1-4H,10H2,(H,8,9). The average molecular weight is 149 g/mol. The zero-order valence-electron chi connectivity index (χ0n) is 5.74. The maximum absolute atomic E-state index is 10.5. The van der Waals surface area contributed by atoms with Crippen LogP contribution in [0.4, 0.5) is 5.69 Å². The third kappa shape index (κ3) is 0.886. The molecule has 0 saturated heterocycles. The lowest BCUT2D eigenvalue weighted by atomic mass is 10.3. The summed E-state index contributed by atoms with van der Waals surface area (Å²) in [6.07, 6.45) is 1.58. The molecule has 0 atom stereocenters. The number of H-pyrrole nitrogens is 1. The number of nitrogens with zero attached hydrogens (tertiary/aromatic N) is 1. The highest BCUT2D eigenvalue weighted by Crippen LogP contribution is 2.14. The van der Waals surface area contributed by atoms with Crippen LogP contribution in [0.3, 0.4) is 0 Å². The molecule has 4 nitrogen and oxygen atoms in total. The summed E-state index contributed by atoms with van der Waals surface area (Å²) in [6.45, 7) is 0. The summed E-state index contributed by atoms with van der Waals surface area (Å²) in [6, 6.07) is 5.45. The smallest absolute Gasteiger partial charge is 0.157 e. The second-order valence-corrected chi connectivity index (χ2v) is 2.26. The molecule has 0 fully saturated rings. The highest BCUT2D eigenvalue weighted by atomic mass is 16.5. The first-order valence-corrected chi connectivity index (χ1v) is 3.29. The number of hydrogen-bond acceptors (Lipinski definition) is 2. The molecule has 0 aliphatic rings. The van der Waals surface area contributed by atoms with E-state index in [0.717, 1.165) is 16.5 Å². The maximum atomic E-state index is 10.5. The van der Waals surface area contributed by atoms with Gasteiger partial charge in [-0.2, -0.15) is 0 Å². The van der Waals surface area contributed by atoms with Crippen LogP contribution in [0.2, 0.25) is 0 Å². The van der Waals surface area contributed by atoms with Gasteiger partial charge < -0.3 is 15.7 Å². The van der Waals surface area contributed by atoms with Gasteiger partial charge in [0.15, 0.2) is 5.69 Å². The molecule has 0 radical (unpaired) electrons. The number of nitrogens with one attached hydrogen (secondary N) is 1. The third-order valence-corrected chi connectivity index (χ3v) is 1.61. The normalized spacial score (nSPS) is 10.6. The van der Waals surface area contributed by atoms with Crippen LogP contribution in [0, 0.1) is 5.21 Å². The Bertz CT molecular complexity index is 368. The van der Waals surface area contributed by atoms with Crippen LogP contribution in [0.5, 0.6) is 0 Å². The van der Waals surface area contributed by atoms with Gasteiger partial charge in [0.1, 0.15) is 5.52 Å². The van der Waals surface area contributed by atoms with Crippen molar-refractivity contribution in [2.75, 3.05) is 0 Å². The van der Waals surface area contributed by atoms with Crippen LogP contribution in [-0.4, -0.2) is 9.97 Å². The first-order valence-electron chi connectivity index (χ1n) is 3.29. The maximum Gasteiger partial charge on any atom is 0.157 e. The molecule has 0 spiro atoms. The molecule has 1 aromatic carbocycles. The second-order valence-electron chi connectivity index (χ2n) is 2.26. The van der Waals surface area contributed by atoms with E-state index in [-0.39, 0.29) is 0 Å². The van der Waals surface area contributed by atoms with Gasteiger partial charge >= 0.3 is 0 Å². The van der Waals surface area contributed by atoms with Crippen molar-refractivity contribution in [3.05, 3.63) is 29.7 Å². The van der Waals surface area contributed by atoms with Crippen LogP contribution in [0.25, 0.3) is 11.0 Å². The zero-order chi connectivity index (χ0) is 7.68. The number of hydrogen-bond donors (Lipinski definition) is 2. The number of nitrogens with two attached hydrogens (primary N) is 1. The quantitative estimate of drug-likeness (QED) is 0.451. The number of rotatable bonds is 1. The van der Waals surface area contributed by atoms with E-state index in [9.17, 15) is 5.21 Å². The number of aromatic nitrogens is 2. The van der Waals surface area contributed by atoms with Gasteiger partial charge in [-0.3, -0.25) is 0 Å². The number of imidazole rings is 1. The van der Waals surface area contributed by atoms with Gasteiger partial charge in [0, 0.05) is 6.07 Å². The van der Waals surface area contributed by atoms with Crippen molar-refractivity contribution in [3.63, 3.8) is 0 Å². The SMILES string of the molecule is [O-][NH2+]c1cccc2[nH]cnc12. The number of benzene rings is 1. The fourth-order valence-corrected chi connectivity index (χ4v) is 1.08. The summed E-state index contributed by atoms with van der Waals surface area (Å²) in [5.41, 5.74) is 3.07. The Morgan fingerprint density at radius 3 is 3.18 bits per heavy atom. The molecule has 3 N–H and O–H groups in total. The molecule has 1 heterocycles. The van der Waals surface area contributed by atoms with Crippen molar-refractivity contribution in [1.29, 1.82) is 0 Å². The van der Waals surface area contributed by atoms with Crippen molar-refractivity contribution >= 4 is 16.7 Å². The fourth-order valence-electron chi connectivity index (χ4n) is 1.08. The number of aromatic amines is 1. The number of para-hydroxylation sites is 1. The van der Waals surface area contributed by atoms with Gasteiger partial charge in [-0.05, 0) is 6.07 Å². The molecule has 0 amide bonds. The van der Waals surface area contributed by atoms with Crippen molar-refractivity contribution in [2.24, 2.45) is 0 Å². The second kappa shape index (κ2) is 2.34. The van der Waals surface area contributed by atoms with Crippen LogP contribution in [0.15, 0.2) is 24.5 Å². The first-order chi connectivity index (χ1) is 5.42. The Morgan fingerprint density at radius 2 is 2.36 bits per heavy atom. The summed E-state index contributed by atoms with van der Waals surface area (Å²) >= 11 is 0. The molecule has 0 unspecified atom stereocenters. The summed E-state index contributed by atoms with van der Waals surface area (Å²) in [5.74, 6) is 0.